The van der Waals surface area contributed by atoms with Crippen molar-refractivity contribution in [2.75, 3.05) is 0 Å². The summed E-state index contributed by atoms with van der Waals surface area (Å²) < 4.78 is 0. The highest BCUT2D eigenvalue weighted by Gasteiger charge is 2.17. The molecule has 106 valence electrons. The zero-order chi connectivity index (χ0) is 13.5. The highest BCUT2D eigenvalue weighted by molar-refractivity contribution is 5.21. The molecule has 1 N–H and O–H groups in total. The van der Waals surface area contributed by atoms with E-state index in [4.69, 9.17) is 0 Å². The average molecular weight is 260 g/mol. The minimum atomic E-state index is 0.710. The van der Waals surface area contributed by atoms with E-state index < -0.39 is 0 Å². The highest BCUT2D eigenvalue weighted by Crippen LogP contribution is 2.26. The molecule has 2 atom stereocenters. The molecule has 19 heavy (non-hydrogen) atoms. The lowest BCUT2D eigenvalue weighted by atomic mass is 9.95. The fourth-order valence-corrected chi connectivity index (χ4v) is 3.22. The first-order valence-corrected chi connectivity index (χ1v) is 7.92. The molecule has 1 aliphatic carbocycles. The maximum absolute atomic E-state index is 4.22. The molecule has 1 aromatic rings. The van der Waals surface area contributed by atoms with Gasteiger partial charge in [0.15, 0.2) is 0 Å². The van der Waals surface area contributed by atoms with Gasteiger partial charge in [0.05, 0.1) is 0 Å². The molecule has 0 saturated heterocycles. The Kier molecular flexibility index (Phi) is 5.84. The lowest BCUT2D eigenvalue weighted by Crippen LogP contribution is -2.28. The van der Waals surface area contributed by atoms with Gasteiger partial charge in [-0.05, 0) is 49.3 Å². The summed E-state index contributed by atoms with van der Waals surface area (Å²) in [5.74, 6) is 0.983. The van der Waals surface area contributed by atoms with Crippen molar-refractivity contribution in [2.45, 2.75) is 71.4 Å². The SMILES string of the molecule is CCCC1CCCC(NCc2cnccc2C)CC1. The number of nitrogens with one attached hydrogen (secondary N) is 1. The molecule has 0 bridgehead atoms. The third-order valence-corrected chi connectivity index (χ3v) is 4.51. The molecule has 0 spiro atoms. The van der Waals surface area contributed by atoms with Crippen LogP contribution in [0.1, 0.15) is 63.0 Å². The largest absolute Gasteiger partial charge is 0.310 e. The topological polar surface area (TPSA) is 24.9 Å². The highest BCUT2D eigenvalue weighted by atomic mass is 14.9. The lowest BCUT2D eigenvalue weighted by Gasteiger charge is -2.17. The molecule has 1 heterocycles. The average Bonchev–Trinajstić information content (AvgIpc) is 2.64. The monoisotopic (exact) mass is 260 g/mol. The van der Waals surface area contributed by atoms with Crippen molar-refractivity contribution in [2.24, 2.45) is 5.92 Å². The minimum absolute atomic E-state index is 0.710. The zero-order valence-electron chi connectivity index (χ0n) is 12.5. The van der Waals surface area contributed by atoms with Crippen molar-refractivity contribution >= 4 is 0 Å². The summed E-state index contributed by atoms with van der Waals surface area (Å²) in [6, 6.07) is 2.81. The minimum Gasteiger partial charge on any atom is -0.310 e. The Bertz CT molecular complexity index is 375. The summed E-state index contributed by atoms with van der Waals surface area (Å²) in [7, 11) is 0. The molecule has 0 aliphatic heterocycles. The van der Waals surface area contributed by atoms with Crippen molar-refractivity contribution in [3.05, 3.63) is 29.6 Å². The van der Waals surface area contributed by atoms with Crippen LogP contribution in [0.25, 0.3) is 0 Å². The quantitative estimate of drug-likeness (QED) is 0.801. The van der Waals surface area contributed by atoms with Crippen LogP contribution in [0.5, 0.6) is 0 Å². The molecule has 1 aromatic heterocycles. The van der Waals surface area contributed by atoms with E-state index in [2.05, 4.69) is 30.2 Å². The Labute approximate surface area is 118 Å². The number of hydrogen-bond donors (Lipinski definition) is 1. The lowest BCUT2D eigenvalue weighted by molar-refractivity contribution is 0.409. The summed E-state index contributed by atoms with van der Waals surface area (Å²) in [4.78, 5) is 4.22. The van der Waals surface area contributed by atoms with E-state index in [9.17, 15) is 0 Å². The van der Waals surface area contributed by atoms with Crippen molar-refractivity contribution < 1.29 is 0 Å². The van der Waals surface area contributed by atoms with Gasteiger partial charge in [0.2, 0.25) is 0 Å². The molecule has 1 fully saturated rings. The molecule has 2 heteroatoms. The van der Waals surface area contributed by atoms with E-state index in [1.54, 1.807) is 0 Å². The fraction of sp³-hybridized carbons (Fsp3) is 0.706. The van der Waals surface area contributed by atoms with Crippen molar-refractivity contribution in [3.63, 3.8) is 0 Å². The van der Waals surface area contributed by atoms with Crippen LogP contribution in [0.4, 0.5) is 0 Å². The van der Waals surface area contributed by atoms with E-state index in [-0.39, 0.29) is 0 Å². The van der Waals surface area contributed by atoms with Crippen molar-refractivity contribution in [1.82, 2.24) is 10.3 Å². The van der Waals surface area contributed by atoms with Crippen molar-refractivity contribution in [3.8, 4) is 0 Å². The molecule has 0 amide bonds. The van der Waals surface area contributed by atoms with Gasteiger partial charge in [-0.15, -0.1) is 0 Å². The van der Waals surface area contributed by atoms with Crippen LogP contribution in [-0.4, -0.2) is 11.0 Å². The molecular formula is C17H28N2. The number of pyridine rings is 1. The molecule has 2 rings (SSSR count). The normalized spacial score (nSPS) is 24.1. The third kappa shape index (κ3) is 4.61. The summed E-state index contributed by atoms with van der Waals surface area (Å²) >= 11 is 0. The van der Waals surface area contributed by atoms with E-state index in [1.807, 2.05) is 12.4 Å². The number of nitrogens with zero attached hydrogens (tertiary/aromatic N) is 1. The smallest absolute Gasteiger partial charge is 0.0315 e. The molecular weight excluding hydrogens is 232 g/mol. The van der Waals surface area contributed by atoms with Gasteiger partial charge in [-0.3, -0.25) is 4.98 Å². The van der Waals surface area contributed by atoms with Gasteiger partial charge in [-0.1, -0.05) is 32.6 Å². The Morgan fingerprint density at radius 2 is 2.16 bits per heavy atom. The van der Waals surface area contributed by atoms with Gasteiger partial charge >= 0.3 is 0 Å². The molecule has 2 nitrogen and oxygen atoms in total. The van der Waals surface area contributed by atoms with Crippen LogP contribution >= 0.6 is 0 Å². The summed E-state index contributed by atoms with van der Waals surface area (Å²) in [6.45, 7) is 5.46. The first kappa shape index (κ1) is 14.5. The van der Waals surface area contributed by atoms with Gasteiger partial charge in [-0.2, -0.15) is 0 Å². The zero-order valence-corrected chi connectivity index (χ0v) is 12.5. The molecule has 1 saturated carbocycles. The van der Waals surface area contributed by atoms with Gasteiger partial charge < -0.3 is 5.32 Å². The van der Waals surface area contributed by atoms with Gasteiger partial charge in [0, 0.05) is 25.0 Å². The summed E-state index contributed by atoms with van der Waals surface area (Å²) in [5.41, 5.74) is 2.69. The van der Waals surface area contributed by atoms with Crippen LogP contribution < -0.4 is 5.32 Å². The summed E-state index contributed by atoms with van der Waals surface area (Å²) in [6.07, 6.45) is 13.6. The van der Waals surface area contributed by atoms with Crippen LogP contribution in [0.15, 0.2) is 18.5 Å². The number of aromatic nitrogens is 1. The Hall–Kier alpha value is -0.890. The van der Waals surface area contributed by atoms with Gasteiger partial charge in [0.1, 0.15) is 0 Å². The maximum atomic E-state index is 4.22. The van der Waals surface area contributed by atoms with E-state index in [1.165, 1.54) is 56.1 Å². The van der Waals surface area contributed by atoms with E-state index >= 15 is 0 Å². The standard InChI is InChI=1S/C17H28N2/c1-3-5-15-6-4-7-17(9-8-15)19-13-16-12-18-11-10-14(16)2/h10-12,15,17,19H,3-9,13H2,1-2H3. The number of hydrogen-bond acceptors (Lipinski definition) is 2. The second-order valence-electron chi connectivity index (χ2n) is 6.04. The molecule has 0 aromatic carbocycles. The van der Waals surface area contributed by atoms with Crippen LogP contribution in [0.2, 0.25) is 0 Å². The molecule has 1 aliphatic rings. The number of rotatable bonds is 5. The van der Waals surface area contributed by atoms with Crippen molar-refractivity contribution in [1.29, 1.82) is 0 Å². The van der Waals surface area contributed by atoms with E-state index in [0.717, 1.165) is 12.5 Å². The second kappa shape index (κ2) is 7.64. The van der Waals surface area contributed by atoms with Crippen LogP contribution in [0.3, 0.4) is 0 Å². The van der Waals surface area contributed by atoms with Crippen LogP contribution in [-0.2, 0) is 6.54 Å². The third-order valence-electron chi connectivity index (χ3n) is 4.51. The molecule has 2 unspecified atom stereocenters. The first-order chi connectivity index (χ1) is 9.29. The van der Waals surface area contributed by atoms with E-state index in [0.29, 0.717) is 6.04 Å². The summed E-state index contributed by atoms with van der Waals surface area (Å²) in [5, 5.41) is 3.74. The Morgan fingerprint density at radius 3 is 2.95 bits per heavy atom. The van der Waals surface area contributed by atoms with Crippen LogP contribution in [0, 0.1) is 12.8 Å². The number of aryl methyl sites for hydroxylation is 1. The van der Waals surface area contributed by atoms with Gasteiger partial charge in [0.25, 0.3) is 0 Å². The Morgan fingerprint density at radius 1 is 1.26 bits per heavy atom. The predicted octanol–water partition coefficient (Wildman–Crippen LogP) is 4.23. The maximum Gasteiger partial charge on any atom is 0.0315 e. The fourth-order valence-electron chi connectivity index (χ4n) is 3.22. The van der Waals surface area contributed by atoms with Gasteiger partial charge in [-0.25, -0.2) is 0 Å². The second-order valence-corrected chi connectivity index (χ2v) is 6.04. The predicted molar refractivity (Wildman–Crippen MR) is 81.1 cm³/mol. The Balaban J connectivity index is 1.79. The molecule has 0 radical (unpaired) electrons. The first-order valence-electron chi connectivity index (χ1n) is 7.92.